The SMILES string of the molecule is CN1C=CC(C)(C)N(C)C1(C)C.[Li]. The van der Waals surface area contributed by atoms with Gasteiger partial charge in [0.05, 0.1) is 5.66 Å². The molecule has 0 aromatic carbocycles. The van der Waals surface area contributed by atoms with Crippen molar-refractivity contribution >= 4 is 18.9 Å². The van der Waals surface area contributed by atoms with Gasteiger partial charge in [0.2, 0.25) is 0 Å². The van der Waals surface area contributed by atoms with E-state index in [1.807, 2.05) is 0 Å². The number of hydrogen-bond donors (Lipinski definition) is 0. The largest absolute Gasteiger partial charge is 0.363 e. The Morgan fingerprint density at radius 3 is 1.85 bits per heavy atom. The molecule has 0 fully saturated rings. The number of nitrogens with zero attached hydrogens (tertiary/aromatic N) is 2. The fraction of sp³-hybridized carbons (Fsp3) is 0.800. The van der Waals surface area contributed by atoms with Crippen molar-refractivity contribution < 1.29 is 0 Å². The van der Waals surface area contributed by atoms with Gasteiger partial charge in [0, 0.05) is 31.4 Å². The molecule has 0 spiro atoms. The molecule has 1 aliphatic heterocycles. The Labute approximate surface area is 94.1 Å². The van der Waals surface area contributed by atoms with Crippen molar-refractivity contribution in [2.24, 2.45) is 0 Å². The van der Waals surface area contributed by atoms with Crippen molar-refractivity contribution in [3.8, 4) is 0 Å². The summed E-state index contributed by atoms with van der Waals surface area (Å²) in [6.45, 7) is 8.94. The zero-order valence-corrected chi connectivity index (χ0v) is 10.0. The van der Waals surface area contributed by atoms with Gasteiger partial charge in [-0.3, -0.25) is 4.90 Å². The number of likely N-dealkylation sites (N-methyl/N-ethyl adjacent to an activating group) is 1. The summed E-state index contributed by atoms with van der Waals surface area (Å²) in [4.78, 5) is 4.61. The fourth-order valence-electron chi connectivity index (χ4n) is 1.53. The van der Waals surface area contributed by atoms with Crippen molar-refractivity contribution in [2.45, 2.75) is 38.9 Å². The zero-order chi connectivity index (χ0) is 9.57. The molecular weight excluding hydrogens is 155 g/mol. The number of hydrogen-bond acceptors (Lipinski definition) is 2. The van der Waals surface area contributed by atoms with Crippen LogP contribution < -0.4 is 0 Å². The Hall–Kier alpha value is 0.0974. The Balaban J connectivity index is 0.00000144. The molecule has 0 bridgehead atoms. The van der Waals surface area contributed by atoms with Gasteiger partial charge in [-0.1, -0.05) is 0 Å². The molecule has 0 amide bonds. The third-order valence-corrected chi connectivity index (χ3v) is 3.25. The fourth-order valence-corrected chi connectivity index (χ4v) is 1.53. The summed E-state index contributed by atoms with van der Waals surface area (Å²) < 4.78 is 0. The second-order valence-electron chi connectivity index (χ2n) is 4.63. The molecule has 0 N–H and O–H groups in total. The van der Waals surface area contributed by atoms with E-state index in [9.17, 15) is 0 Å². The Morgan fingerprint density at radius 2 is 1.46 bits per heavy atom. The quantitative estimate of drug-likeness (QED) is 0.515. The predicted octanol–water partition coefficient (Wildman–Crippen LogP) is 1.51. The van der Waals surface area contributed by atoms with Gasteiger partial charge in [0.15, 0.2) is 0 Å². The van der Waals surface area contributed by atoms with Crippen LogP contribution >= 0.6 is 0 Å². The molecule has 0 saturated heterocycles. The van der Waals surface area contributed by atoms with Crippen LogP contribution in [0.4, 0.5) is 0 Å². The molecule has 1 heterocycles. The molecule has 1 aliphatic rings. The molecule has 0 aliphatic carbocycles. The van der Waals surface area contributed by atoms with Crippen molar-refractivity contribution in [1.82, 2.24) is 9.80 Å². The van der Waals surface area contributed by atoms with Gasteiger partial charge in [-0.2, -0.15) is 0 Å². The maximum atomic E-state index is 2.38. The average molecular weight is 175 g/mol. The first kappa shape index (κ1) is 13.1. The minimum atomic E-state index is 0. The van der Waals surface area contributed by atoms with E-state index in [4.69, 9.17) is 0 Å². The minimum Gasteiger partial charge on any atom is -0.363 e. The van der Waals surface area contributed by atoms with Gasteiger partial charge >= 0.3 is 0 Å². The summed E-state index contributed by atoms with van der Waals surface area (Å²) in [5.41, 5.74) is 0.272. The maximum absolute atomic E-state index is 2.38. The molecule has 1 rings (SSSR count). The smallest absolute Gasteiger partial charge is 0.0871 e. The van der Waals surface area contributed by atoms with Crippen LogP contribution in [-0.2, 0) is 0 Å². The first-order valence-electron chi connectivity index (χ1n) is 4.45. The van der Waals surface area contributed by atoms with Crippen LogP contribution in [0.25, 0.3) is 0 Å². The first-order chi connectivity index (χ1) is 5.28. The minimum absolute atomic E-state index is 0. The molecule has 0 atom stereocenters. The normalized spacial score (nSPS) is 25.5. The van der Waals surface area contributed by atoms with Crippen molar-refractivity contribution in [2.75, 3.05) is 14.1 Å². The van der Waals surface area contributed by atoms with E-state index < -0.39 is 0 Å². The standard InChI is InChI=1S/C10H20N2.Li/c1-9(2)7-8-11(5)10(3,4)12(9)6;/h7-8H,1-6H3;. The predicted molar refractivity (Wildman–Crippen MR) is 58.6 cm³/mol. The zero-order valence-electron chi connectivity index (χ0n) is 10.0. The van der Waals surface area contributed by atoms with E-state index in [2.05, 4.69) is 63.9 Å². The second kappa shape index (κ2) is 3.69. The third kappa shape index (κ3) is 2.12. The third-order valence-electron chi connectivity index (χ3n) is 3.25. The molecule has 0 unspecified atom stereocenters. The van der Waals surface area contributed by atoms with Crippen LogP contribution in [-0.4, -0.2) is 54.0 Å². The Kier molecular flexibility index (Phi) is 3.72. The Bertz CT molecular complexity index is 209. The van der Waals surface area contributed by atoms with Crippen LogP contribution in [0.2, 0.25) is 0 Å². The molecule has 13 heavy (non-hydrogen) atoms. The maximum Gasteiger partial charge on any atom is 0.0871 e. The second-order valence-corrected chi connectivity index (χ2v) is 4.63. The topological polar surface area (TPSA) is 6.48 Å². The van der Waals surface area contributed by atoms with Crippen LogP contribution in [0.3, 0.4) is 0 Å². The summed E-state index contributed by atoms with van der Waals surface area (Å²) in [5.74, 6) is 0. The van der Waals surface area contributed by atoms with Crippen molar-refractivity contribution in [3.63, 3.8) is 0 Å². The van der Waals surface area contributed by atoms with Gasteiger partial charge in [0.25, 0.3) is 0 Å². The summed E-state index contributed by atoms with van der Waals surface area (Å²) >= 11 is 0. The van der Waals surface area contributed by atoms with E-state index >= 15 is 0 Å². The molecule has 3 heteroatoms. The van der Waals surface area contributed by atoms with E-state index in [1.165, 1.54) is 0 Å². The van der Waals surface area contributed by atoms with Gasteiger partial charge < -0.3 is 4.90 Å². The van der Waals surface area contributed by atoms with E-state index in [1.54, 1.807) is 0 Å². The summed E-state index contributed by atoms with van der Waals surface area (Å²) in [7, 11) is 4.28. The van der Waals surface area contributed by atoms with Gasteiger partial charge in [0.1, 0.15) is 0 Å². The molecular formula is C10H20LiN2. The van der Waals surface area contributed by atoms with Gasteiger partial charge in [-0.05, 0) is 47.0 Å². The number of rotatable bonds is 0. The van der Waals surface area contributed by atoms with E-state index in [0.717, 1.165) is 0 Å². The molecule has 71 valence electrons. The van der Waals surface area contributed by atoms with Crippen LogP contribution in [0.5, 0.6) is 0 Å². The van der Waals surface area contributed by atoms with Gasteiger partial charge in [-0.15, -0.1) is 0 Å². The van der Waals surface area contributed by atoms with Crippen molar-refractivity contribution in [1.29, 1.82) is 0 Å². The summed E-state index contributed by atoms with van der Waals surface area (Å²) in [5, 5.41) is 0. The average Bonchev–Trinajstić information content (AvgIpc) is 1.96. The summed E-state index contributed by atoms with van der Waals surface area (Å²) in [6.07, 6.45) is 4.40. The monoisotopic (exact) mass is 175 g/mol. The van der Waals surface area contributed by atoms with E-state index in [0.29, 0.717) is 0 Å². The van der Waals surface area contributed by atoms with E-state index in [-0.39, 0.29) is 30.1 Å². The molecule has 2 nitrogen and oxygen atoms in total. The Morgan fingerprint density at radius 1 is 1.00 bits per heavy atom. The molecule has 0 saturated carbocycles. The molecule has 0 aromatic rings. The van der Waals surface area contributed by atoms with Gasteiger partial charge in [-0.25, -0.2) is 0 Å². The van der Waals surface area contributed by atoms with Crippen LogP contribution in [0.1, 0.15) is 27.7 Å². The first-order valence-corrected chi connectivity index (χ1v) is 4.45. The molecule has 1 radical (unpaired) electrons. The van der Waals surface area contributed by atoms with Crippen LogP contribution in [0, 0.1) is 0 Å². The molecule has 0 aromatic heterocycles. The van der Waals surface area contributed by atoms with Crippen molar-refractivity contribution in [3.05, 3.63) is 12.3 Å². The van der Waals surface area contributed by atoms with Crippen LogP contribution in [0.15, 0.2) is 12.3 Å². The summed E-state index contributed by atoms with van der Waals surface area (Å²) in [6, 6.07) is 0.